The highest BCUT2D eigenvalue weighted by Crippen LogP contribution is 2.27. The fourth-order valence-electron chi connectivity index (χ4n) is 3.14. The number of amides is 1. The maximum absolute atomic E-state index is 13.8. The van der Waals surface area contributed by atoms with Crippen molar-refractivity contribution in [3.05, 3.63) is 60.2 Å². The van der Waals surface area contributed by atoms with Crippen molar-refractivity contribution >= 4 is 15.9 Å². The van der Waals surface area contributed by atoms with Gasteiger partial charge in [-0.1, -0.05) is 50.6 Å². The molecule has 0 saturated heterocycles. The maximum atomic E-state index is 13.8. The van der Waals surface area contributed by atoms with E-state index in [-0.39, 0.29) is 17.4 Å². The molecule has 32 heavy (non-hydrogen) atoms. The van der Waals surface area contributed by atoms with Gasteiger partial charge in [-0.05, 0) is 56.5 Å². The molecule has 7 nitrogen and oxygen atoms in total. The first-order valence-corrected chi connectivity index (χ1v) is 12.1. The van der Waals surface area contributed by atoms with E-state index in [0.29, 0.717) is 12.2 Å². The van der Waals surface area contributed by atoms with Crippen LogP contribution < -0.4 is 10.2 Å². The van der Waals surface area contributed by atoms with E-state index < -0.39 is 27.6 Å². The Kier molecular flexibility index (Phi) is 8.83. The molecule has 0 aliphatic heterocycles. The summed E-state index contributed by atoms with van der Waals surface area (Å²) in [6.45, 7) is 9.26. The molecule has 0 bridgehead atoms. The minimum absolute atomic E-state index is 0.0488. The number of hydrogen-bond acceptors (Lipinski definition) is 5. The van der Waals surface area contributed by atoms with Gasteiger partial charge in [0.05, 0.1) is 17.6 Å². The zero-order valence-corrected chi connectivity index (χ0v) is 20.5. The van der Waals surface area contributed by atoms with Crippen LogP contribution in [0.25, 0.3) is 0 Å². The predicted molar refractivity (Wildman–Crippen MR) is 124 cm³/mol. The zero-order valence-electron chi connectivity index (χ0n) is 19.7. The number of carbonyl (C=O) groups excluding carboxylic acids is 1. The summed E-state index contributed by atoms with van der Waals surface area (Å²) < 4.78 is 34.0. The second kappa shape index (κ2) is 10.9. The minimum atomic E-state index is -4.02. The highest BCUT2D eigenvalue weighted by atomic mass is 32.2. The molecule has 2 atom stereocenters. The Hall–Kier alpha value is -2.42. The van der Waals surface area contributed by atoms with Crippen molar-refractivity contribution in [1.29, 1.82) is 0 Å². The Balaban J connectivity index is 2.53. The van der Waals surface area contributed by atoms with Gasteiger partial charge in [0.25, 0.3) is 5.91 Å². The van der Waals surface area contributed by atoms with Gasteiger partial charge in [0, 0.05) is 6.54 Å². The maximum Gasteiger partial charge on any atom is 0.262 e. The Morgan fingerprint density at radius 3 is 2.16 bits per heavy atom. The van der Waals surface area contributed by atoms with Gasteiger partial charge >= 0.3 is 0 Å². The summed E-state index contributed by atoms with van der Waals surface area (Å²) in [4.78, 5) is 18.8. The Bertz CT molecular complexity index is 970. The quantitative estimate of drug-likeness (QED) is 0.536. The standard InChI is InChI=1S/C24H34N2O5S/c1-7-18(2)22(23(27)25-31-24(3,4)5)26(17-19-11-9-8-10-12-19)32(28,29)21-15-13-20(30-6)14-16-21/h8-16,18,22H,7,17H2,1-6H3,(H,25,27)/t18?,22-/m1/s1. The van der Waals surface area contributed by atoms with Crippen molar-refractivity contribution in [2.75, 3.05) is 7.11 Å². The number of nitrogens with zero attached hydrogens (tertiary/aromatic N) is 1. The average molecular weight is 463 g/mol. The van der Waals surface area contributed by atoms with Crippen molar-refractivity contribution in [2.45, 2.75) is 64.1 Å². The first-order valence-electron chi connectivity index (χ1n) is 10.7. The zero-order chi connectivity index (χ0) is 23.9. The SMILES string of the molecule is CCC(C)[C@H](C(=O)NOC(C)(C)C)N(Cc1ccccc1)S(=O)(=O)c1ccc(OC)cc1. The fourth-order valence-corrected chi connectivity index (χ4v) is 4.81. The number of ether oxygens (including phenoxy) is 1. The van der Waals surface area contributed by atoms with E-state index in [1.165, 1.54) is 23.5 Å². The van der Waals surface area contributed by atoms with Crippen molar-refractivity contribution in [3.63, 3.8) is 0 Å². The van der Waals surface area contributed by atoms with Gasteiger partial charge in [-0.15, -0.1) is 0 Å². The molecule has 0 heterocycles. The lowest BCUT2D eigenvalue weighted by Gasteiger charge is -2.34. The number of nitrogens with one attached hydrogen (secondary N) is 1. The van der Waals surface area contributed by atoms with E-state index >= 15 is 0 Å². The van der Waals surface area contributed by atoms with Gasteiger partial charge in [0.15, 0.2) is 0 Å². The fraction of sp³-hybridized carbons (Fsp3) is 0.458. The number of methoxy groups -OCH3 is 1. The molecule has 2 rings (SSSR count). The molecule has 0 aliphatic rings. The lowest BCUT2D eigenvalue weighted by molar-refractivity contribution is -0.151. The average Bonchev–Trinajstić information content (AvgIpc) is 2.77. The van der Waals surface area contributed by atoms with Crippen LogP contribution in [-0.4, -0.2) is 37.4 Å². The molecule has 1 N–H and O–H groups in total. The first-order chi connectivity index (χ1) is 15.0. The van der Waals surface area contributed by atoms with Crippen LogP contribution in [0, 0.1) is 5.92 Å². The van der Waals surface area contributed by atoms with Crippen LogP contribution >= 0.6 is 0 Å². The number of rotatable bonds is 10. The van der Waals surface area contributed by atoms with Crippen molar-refractivity contribution in [3.8, 4) is 5.75 Å². The summed E-state index contributed by atoms with van der Waals surface area (Å²) in [6.07, 6.45) is 0.608. The van der Waals surface area contributed by atoms with Crippen LogP contribution in [-0.2, 0) is 26.2 Å². The number of hydrogen-bond donors (Lipinski definition) is 1. The third-order valence-electron chi connectivity index (χ3n) is 5.07. The van der Waals surface area contributed by atoms with Gasteiger partial charge in [0.2, 0.25) is 10.0 Å². The largest absolute Gasteiger partial charge is 0.497 e. The predicted octanol–water partition coefficient (Wildman–Crippen LogP) is 4.15. The lowest BCUT2D eigenvalue weighted by atomic mass is 9.98. The van der Waals surface area contributed by atoms with E-state index in [9.17, 15) is 13.2 Å². The Labute approximate surface area is 191 Å². The molecule has 2 aromatic rings. The third-order valence-corrected chi connectivity index (χ3v) is 6.91. The Morgan fingerprint density at radius 2 is 1.66 bits per heavy atom. The highest BCUT2D eigenvalue weighted by Gasteiger charge is 2.39. The van der Waals surface area contributed by atoms with Crippen LogP contribution in [0.15, 0.2) is 59.5 Å². The van der Waals surface area contributed by atoms with Crippen LogP contribution in [0.2, 0.25) is 0 Å². The summed E-state index contributed by atoms with van der Waals surface area (Å²) in [5.41, 5.74) is 2.64. The second-order valence-corrected chi connectivity index (χ2v) is 10.6. The normalized spacial score (nSPS) is 14.1. The molecule has 0 fully saturated rings. The van der Waals surface area contributed by atoms with Crippen LogP contribution in [0.3, 0.4) is 0 Å². The molecular weight excluding hydrogens is 428 g/mol. The van der Waals surface area contributed by atoms with E-state index in [1.807, 2.05) is 44.2 Å². The Morgan fingerprint density at radius 1 is 1.06 bits per heavy atom. The molecule has 0 aliphatic carbocycles. The molecule has 1 unspecified atom stereocenters. The number of sulfonamides is 1. The smallest absolute Gasteiger partial charge is 0.262 e. The molecule has 2 aromatic carbocycles. The lowest BCUT2D eigenvalue weighted by Crippen LogP contribution is -2.53. The number of benzene rings is 2. The molecule has 0 aromatic heterocycles. The summed E-state index contributed by atoms with van der Waals surface area (Å²) in [5.74, 6) is -0.203. The number of hydroxylamine groups is 1. The van der Waals surface area contributed by atoms with E-state index in [0.717, 1.165) is 5.56 Å². The van der Waals surface area contributed by atoms with Crippen molar-refractivity contribution in [1.82, 2.24) is 9.79 Å². The molecule has 0 saturated carbocycles. The van der Waals surface area contributed by atoms with Crippen LogP contribution in [0.5, 0.6) is 5.75 Å². The van der Waals surface area contributed by atoms with Gasteiger partial charge in [-0.25, -0.2) is 13.9 Å². The monoisotopic (exact) mass is 462 g/mol. The van der Waals surface area contributed by atoms with E-state index in [1.54, 1.807) is 32.9 Å². The topological polar surface area (TPSA) is 84.9 Å². The minimum Gasteiger partial charge on any atom is -0.497 e. The summed E-state index contributed by atoms with van der Waals surface area (Å²) in [5, 5.41) is 0. The molecule has 0 spiro atoms. The van der Waals surface area contributed by atoms with Crippen LogP contribution in [0.4, 0.5) is 0 Å². The summed E-state index contributed by atoms with van der Waals surface area (Å²) in [7, 11) is -2.50. The van der Waals surface area contributed by atoms with Crippen LogP contribution in [0.1, 0.15) is 46.6 Å². The molecular formula is C24H34N2O5S. The second-order valence-electron chi connectivity index (χ2n) is 8.72. The van der Waals surface area contributed by atoms with Gasteiger partial charge in [-0.2, -0.15) is 4.31 Å². The summed E-state index contributed by atoms with van der Waals surface area (Å²) in [6, 6.07) is 14.4. The van der Waals surface area contributed by atoms with Gasteiger partial charge in [-0.3, -0.25) is 9.63 Å². The van der Waals surface area contributed by atoms with Gasteiger partial charge < -0.3 is 4.74 Å². The third kappa shape index (κ3) is 6.79. The van der Waals surface area contributed by atoms with Crippen molar-refractivity contribution in [2.24, 2.45) is 5.92 Å². The molecule has 176 valence electrons. The first kappa shape index (κ1) is 25.8. The molecule has 0 radical (unpaired) electrons. The molecule has 8 heteroatoms. The molecule has 1 amide bonds. The van der Waals surface area contributed by atoms with E-state index in [4.69, 9.17) is 9.57 Å². The summed E-state index contributed by atoms with van der Waals surface area (Å²) >= 11 is 0. The van der Waals surface area contributed by atoms with E-state index in [2.05, 4.69) is 5.48 Å². The highest BCUT2D eigenvalue weighted by molar-refractivity contribution is 7.89. The van der Waals surface area contributed by atoms with Crippen molar-refractivity contribution < 1.29 is 22.8 Å². The van der Waals surface area contributed by atoms with Gasteiger partial charge in [0.1, 0.15) is 11.8 Å². The number of carbonyl (C=O) groups is 1.